The maximum atomic E-state index is 10.7. The van der Waals surface area contributed by atoms with Crippen LogP contribution in [-0.4, -0.2) is 14.7 Å². The van der Waals surface area contributed by atoms with Crippen molar-refractivity contribution in [3.05, 3.63) is 21.3 Å². The lowest BCUT2D eigenvalue weighted by atomic mass is 9.80. The lowest BCUT2D eigenvalue weighted by Gasteiger charge is -2.29. The molecule has 0 radical (unpaired) electrons. The molecule has 1 fully saturated rings. The molecule has 1 aliphatic rings. The molecule has 1 heterocycles. The van der Waals surface area contributed by atoms with Gasteiger partial charge in [0, 0.05) is 0 Å². The second-order valence-electron chi connectivity index (χ2n) is 5.11. The van der Waals surface area contributed by atoms with Crippen molar-refractivity contribution < 1.29 is 4.92 Å². The highest BCUT2D eigenvalue weighted by Gasteiger charge is 2.30. The predicted molar refractivity (Wildman–Crippen MR) is 65.1 cm³/mol. The summed E-state index contributed by atoms with van der Waals surface area (Å²) in [7, 11) is 0. The van der Waals surface area contributed by atoms with Crippen LogP contribution in [0.15, 0.2) is 6.20 Å². The third-order valence-corrected chi connectivity index (χ3v) is 3.64. The van der Waals surface area contributed by atoms with E-state index < -0.39 is 4.92 Å². The largest absolute Gasteiger partial charge is 0.408 e. The fourth-order valence-electron chi connectivity index (χ4n) is 2.79. The van der Waals surface area contributed by atoms with E-state index in [1.54, 1.807) is 10.9 Å². The zero-order chi connectivity index (χ0) is 12.6. The minimum absolute atomic E-state index is 0.126. The van der Waals surface area contributed by atoms with Gasteiger partial charge in [0.1, 0.15) is 0 Å². The van der Waals surface area contributed by atoms with Crippen LogP contribution in [0.25, 0.3) is 0 Å². The maximum absolute atomic E-state index is 10.7. The highest BCUT2D eigenvalue weighted by molar-refractivity contribution is 6.32. The van der Waals surface area contributed by atoms with E-state index in [0.29, 0.717) is 11.8 Å². The van der Waals surface area contributed by atoms with E-state index in [-0.39, 0.29) is 16.9 Å². The first-order chi connectivity index (χ1) is 7.97. The van der Waals surface area contributed by atoms with E-state index in [9.17, 15) is 10.1 Å². The molecule has 0 aliphatic heterocycles. The van der Waals surface area contributed by atoms with Gasteiger partial charge in [-0.15, -0.1) is 0 Å². The SMILES string of the molecule is CC1CC(C)CC(n2cc(Cl)c([N+](=O)[O-])n2)C1. The van der Waals surface area contributed by atoms with Gasteiger partial charge in [0.25, 0.3) is 0 Å². The van der Waals surface area contributed by atoms with Gasteiger partial charge >= 0.3 is 5.82 Å². The molecule has 6 heteroatoms. The van der Waals surface area contributed by atoms with Gasteiger partial charge in [-0.25, -0.2) is 0 Å². The average molecular weight is 258 g/mol. The molecule has 1 saturated carbocycles. The molecule has 0 N–H and O–H groups in total. The Morgan fingerprint density at radius 1 is 1.41 bits per heavy atom. The number of aromatic nitrogens is 2. The van der Waals surface area contributed by atoms with Crippen LogP contribution in [0.1, 0.15) is 39.2 Å². The van der Waals surface area contributed by atoms with Gasteiger partial charge in [-0.2, -0.15) is 4.68 Å². The van der Waals surface area contributed by atoms with E-state index >= 15 is 0 Å². The van der Waals surface area contributed by atoms with Crippen molar-refractivity contribution >= 4 is 17.4 Å². The van der Waals surface area contributed by atoms with Crippen LogP contribution in [-0.2, 0) is 0 Å². The molecule has 0 saturated heterocycles. The fourth-order valence-corrected chi connectivity index (χ4v) is 3.00. The molecule has 0 bridgehead atoms. The molecule has 2 atom stereocenters. The Kier molecular flexibility index (Phi) is 3.38. The summed E-state index contributed by atoms with van der Waals surface area (Å²) in [5.74, 6) is 1.02. The summed E-state index contributed by atoms with van der Waals surface area (Å²) in [4.78, 5) is 10.2. The number of hydrogen-bond donors (Lipinski definition) is 0. The maximum Gasteiger partial charge on any atom is 0.408 e. The monoisotopic (exact) mass is 257 g/mol. The van der Waals surface area contributed by atoms with E-state index in [4.69, 9.17) is 11.6 Å². The molecule has 2 unspecified atom stereocenters. The normalized spacial score (nSPS) is 29.2. The third kappa shape index (κ3) is 2.60. The number of halogens is 1. The molecule has 94 valence electrons. The Morgan fingerprint density at radius 3 is 2.47 bits per heavy atom. The smallest absolute Gasteiger partial charge is 0.358 e. The third-order valence-electron chi connectivity index (χ3n) is 3.37. The van der Waals surface area contributed by atoms with Crippen molar-refractivity contribution in [2.45, 2.75) is 39.2 Å². The van der Waals surface area contributed by atoms with Crippen molar-refractivity contribution in [3.8, 4) is 0 Å². The summed E-state index contributed by atoms with van der Waals surface area (Å²) in [5.41, 5.74) is 0. The molecule has 0 amide bonds. The quantitative estimate of drug-likeness (QED) is 0.602. The Labute approximate surface area is 105 Å². The van der Waals surface area contributed by atoms with Gasteiger partial charge in [-0.05, 0) is 36.0 Å². The lowest BCUT2D eigenvalue weighted by molar-refractivity contribution is -0.389. The second-order valence-corrected chi connectivity index (χ2v) is 5.52. The van der Waals surface area contributed by atoms with E-state index in [1.165, 1.54) is 6.42 Å². The van der Waals surface area contributed by atoms with Crippen molar-refractivity contribution in [1.29, 1.82) is 0 Å². The Bertz CT molecular complexity index is 422. The summed E-state index contributed by atoms with van der Waals surface area (Å²) in [6, 6.07) is 0.236. The van der Waals surface area contributed by atoms with E-state index in [2.05, 4.69) is 18.9 Å². The zero-order valence-electron chi connectivity index (χ0n) is 9.97. The van der Waals surface area contributed by atoms with E-state index in [0.717, 1.165) is 12.8 Å². The Hall–Kier alpha value is -1.10. The van der Waals surface area contributed by atoms with Crippen LogP contribution in [0.5, 0.6) is 0 Å². The number of hydrogen-bond acceptors (Lipinski definition) is 3. The highest BCUT2D eigenvalue weighted by Crippen LogP contribution is 2.37. The molecule has 0 spiro atoms. The van der Waals surface area contributed by atoms with Crippen LogP contribution in [0.2, 0.25) is 5.02 Å². The molecular formula is C11H16ClN3O2. The fraction of sp³-hybridized carbons (Fsp3) is 0.727. The van der Waals surface area contributed by atoms with Gasteiger partial charge in [0.05, 0.1) is 17.3 Å². The topological polar surface area (TPSA) is 61.0 Å². The first kappa shape index (κ1) is 12.4. The summed E-state index contributed by atoms with van der Waals surface area (Å²) in [6.07, 6.45) is 4.82. The summed E-state index contributed by atoms with van der Waals surface area (Å²) in [5, 5.41) is 14.8. The number of nitrogens with zero attached hydrogens (tertiary/aromatic N) is 3. The second kappa shape index (κ2) is 4.64. The van der Waals surface area contributed by atoms with Gasteiger partial charge in [-0.1, -0.05) is 25.4 Å². The molecule has 0 aromatic carbocycles. The van der Waals surface area contributed by atoms with Crippen LogP contribution < -0.4 is 0 Å². The van der Waals surface area contributed by atoms with E-state index in [1.807, 2.05) is 0 Å². The predicted octanol–water partition coefficient (Wildman–Crippen LogP) is 3.44. The highest BCUT2D eigenvalue weighted by atomic mass is 35.5. The summed E-state index contributed by atoms with van der Waals surface area (Å²) >= 11 is 5.81. The minimum Gasteiger partial charge on any atom is -0.358 e. The molecule has 17 heavy (non-hydrogen) atoms. The molecule has 1 aromatic heterocycles. The number of rotatable bonds is 2. The minimum atomic E-state index is -0.533. The summed E-state index contributed by atoms with van der Waals surface area (Å²) in [6.45, 7) is 4.42. The van der Waals surface area contributed by atoms with Crippen molar-refractivity contribution in [2.24, 2.45) is 11.8 Å². The van der Waals surface area contributed by atoms with Crippen molar-refractivity contribution in [1.82, 2.24) is 9.78 Å². The average Bonchev–Trinajstić information content (AvgIpc) is 2.59. The van der Waals surface area contributed by atoms with Gasteiger partial charge in [-0.3, -0.25) is 0 Å². The van der Waals surface area contributed by atoms with Crippen LogP contribution in [0.3, 0.4) is 0 Å². The Morgan fingerprint density at radius 2 is 2.00 bits per heavy atom. The first-order valence-electron chi connectivity index (χ1n) is 5.86. The van der Waals surface area contributed by atoms with Gasteiger partial charge in [0.15, 0.2) is 5.02 Å². The lowest BCUT2D eigenvalue weighted by Crippen LogP contribution is -2.23. The molecule has 2 rings (SSSR count). The molecule has 5 nitrogen and oxygen atoms in total. The summed E-state index contributed by atoms with van der Waals surface area (Å²) < 4.78 is 1.67. The zero-order valence-corrected chi connectivity index (χ0v) is 10.7. The van der Waals surface area contributed by atoms with Crippen LogP contribution >= 0.6 is 11.6 Å². The van der Waals surface area contributed by atoms with Crippen LogP contribution in [0.4, 0.5) is 5.82 Å². The van der Waals surface area contributed by atoms with Crippen molar-refractivity contribution in [2.75, 3.05) is 0 Å². The van der Waals surface area contributed by atoms with Gasteiger partial charge in [0.2, 0.25) is 0 Å². The molecular weight excluding hydrogens is 242 g/mol. The molecule has 1 aromatic rings. The molecule has 1 aliphatic carbocycles. The van der Waals surface area contributed by atoms with Gasteiger partial charge < -0.3 is 10.1 Å². The first-order valence-corrected chi connectivity index (χ1v) is 6.24. The number of nitro groups is 1. The Balaban J connectivity index is 2.22. The van der Waals surface area contributed by atoms with Crippen LogP contribution in [0, 0.1) is 22.0 Å². The van der Waals surface area contributed by atoms with Crippen molar-refractivity contribution in [3.63, 3.8) is 0 Å². The standard InChI is InChI=1S/C11H16ClN3O2/c1-7-3-8(2)5-9(4-7)14-6-10(12)11(13-14)15(16)17/h6-9H,3-5H2,1-2H3.